The van der Waals surface area contributed by atoms with E-state index in [2.05, 4.69) is 20.5 Å². The third kappa shape index (κ3) is 2.91. The summed E-state index contributed by atoms with van der Waals surface area (Å²) in [5.74, 6) is -0.0630. The summed E-state index contributed by atoms with van der Waals surface area (Å²) in [7, 11) is 0. The van der Waals surface area contributed by atoms with Gasteiger partial charge in [-0.25, -0.2) is 4.98 Å². The molecule has 1 fully saturated rings. The molecule has 2 aromatic rings. The first kappa shape index (κ1) is 15.5. The molecule has 2 N–H and O–H groups in total. The van der Waals surface area contributed by atoms with Gasteiger partial charge in [0.2, 0.25) is 11.8 Å². The predicted molar refractivity (Wildman–Crippen MR) is 86.8 cm³/mol. The van der Waals surface area contributed by atoms with Gasteiger partial charge in [-0.2, -0.15) is 5.10 Å². The van der Waals surface area contributed by atoms with Gasteiger partial charge in [-0.3, -0.25) is 14.7 Å². The van der Waals surface area contributed by atoms with Gasteiger partial charge in [-0.1, -0.05) is 0 Å². The molecule has 0 bridgehead atoms. The van der Waals surface area contributed by atoms with Crippen molar-refractivity contribution in [2.24, 2.45) is 5.92 Å². The number of hydrogen-bond acceptors (Lipinski definition) is 4. The van der Waals surface area contributed by atoms with Gasteiger partial charge >= 0.3 is 0 Å². The van der Waals surface area contributed by atoms with Gasteiger partial charge in [0.25, 0.3) is 0 Å². The van der Waals surface area contributed by atoms with Gasteiger partial charge in [0, 0.05) is 24.2 Å². The molecule has 0 saturated carbocycles. The number of amides is 2. The second-order valence-electron chi connectivity index (χ2n) is 6.99. The molecule has 0 aliphatic carbocycles. The Morgan fingerprint density at radius 1 is 1.39 bits per heavy atom. The molecule has 23 heavy (non-hydrogen) atoms. The highest BCUT2D eigenvalue weighted by molar-refractivity contribution is 6.01. The highest BCUT2D eigenvalue weighted by Gasteiger charge is 2.39. The number of fused-ring (bicyclic) bond motifs is 1. The van der Waals surface area contributed by atoms with E-state index in [1.165, 1.54) is 0 Å². The van der Waals surface area contributed by atoms with Gasteiger partial charge in [0.15, 0.2) is 11.5 Å². The fraction of sp³-hybridized carbons (Fsp3) is 0.500. The fourth-order valence-electron chi connectivity index (χ4n) is 2.85. The number of nitrogens with one attached hydrogen (secondary N) is 2. The molecule has 1 saturated heterocycles. The molecule has 122 valence electrons. The summed E-state index contributed by atoms with van der Waals surface area (Å²) in [6.07, 6.45) is 0.239. The molecule has 0 aromatic carbocycles. The van der Waals surface area contributed by atoms with Crippen LogP contribution in [0.25, 0.3) is 11.0 Å². The molecule has 1 aliphatic heterocycles. The number of nitrogens with zero attached hydrogens (tertiary/aromatic N) is 3. The van der Waals surface area contributed by atoms with Crippen LogP contribution in [0.1, 0.15) is 32.9 Å². The van der Waals surface area contributed by atoms with Crippen molar-refractivity contribution in [2.45, 2.75) is 39.7 Å². The second-order valence-corrected chi connectivity index (χ2v) is 6.99. The first-order valence-electron chi connectivity index (χ1n) is 7.69. The lowest BCUT2D eigenvalue weighted by Crippen LogP contribution is -2.42. The van der Waals surface area contributed by atoms with Crippen LogP contribution in [0.3, 0.4) is 0 Å². The number of aromatic nitrogens is 3. The summed E-state index contributed by atoms with van der Waals surface area (Å²) in [6.45, 7) is 8.25. The summed E-state index contributed by atoms with van der Waals surface area (Å²) in [5, 5.41) is 10.5. The molecular weight excluding hydrogens is 294 g/mol. The molecule has 3 heterocycles. The van der Waals surface area contributed by atoms with Gasteiger partial charge in [-0.15, -0.1) is 0 Å². The lowest BCUT2D eigenvalue weighted by atomic mass is 10.1. The van der Waals surface area contributed by atoms with Gasteiger partial charge in [0.05, 0.1) is 11.3 Å². The molecule has 2 aromatic heterocycles. The Balaban J connectivity index is 1.76. The van der Waals surface area contributed by atoms with Crippen molar-refractivity contribution in [1.29, 1.82) is 0 Å². The zero-order valence-corrected chi connectivity index (χ0v) is 13.8. The predicted octanol–water partition coefficient (Wildman–Crippen LogP) is 1.85. The third-order valence-corrected chi connectivity index (χ3v) is 4.11. The van der Waals surface area contributed by atoms with Crippen LogP contribution in [0.15, 0.2) is 12.1 Å². The van der Waals surface area contributed by atoms with Crippen molar-refractivity contribution in [3.8, 4) is 0 Å². The largest absolute Gasteiger partial charge is 0.337 e. The number of H-pyrrole nitrogens is 1. The molecule has 1 unspecified atom stereocenters. The maximum atomic E-state index is 12.5. The van der Waals surface area contributed by atoms with Gasteiger partial charge in [0.1, 0.15) is 0 Å². The number of aryl methyl sites for hydroxylation is 1. The molecule has 3 rings (SSSR count). The Hall–Kier alpha value is -2.44. The summed E-state index contributed by atoms with van der Waals surface area (Å²) < 4.78 is 0. The van der Waals surface area contributed by atoms with Crippen LogP contribution in [-0.2, 0) is 9.59 Å². The Kier molecular flexibility index (Phi) is 3.58. The number of likely N-dealkylation sites (tertiary alicyclic amines) is 1. The smallest absolute Gasteiger partial charge is 0.231 e. The van der Waals surface area contributed by atoms with Crippen molar-refractivity contribution >= 4 is 28.7 Å². The van der Waals surface area contributed by atoms with Crippen molar-refractivity contribution in [2.75, 3.05) is 11.9 Å². The number of carbonyl (C=O) groups is 2. The first-order chi connectivity index (χ1) is 10.8. The van der Waals surface area contributed by atoms with E-state index < -0.39 is 0 Å². The lowest BCUT2D eigenvalue weighted by Gasteiger charge is -2.31. The average Bonchev–Trinajstić information content (AvgIpc) is 3.02. The summed E-state index contributed by atoms with van der Waals surface area (Å²) in [4.78, 5) is 30.7. The monoisotopic (exact) mass is 315 g/mol. The highest BCUT2D eigenvalue weighted by atomic mass is 16.2. The Morgan fingerprint density at radius 2 is 2.13 bits per heavy atom. The molecule has 7 heteroatoms. The zero-order chi connectivity index (χ0) is 16.8. The molecule has 2 amide bonds. The van der Waals surface area contributed by atoms with Crippen molar-refractivity contribution in [1.82, 2.24) is 20.1 Å². The zero-order valence-electron chi connectivity index (χ0n) is 13.8. The van der Waals surface area contributed by atoms with E-state index in [0.717, 1.165) is 11.1 Å². The van der Waals surface area contributed by atoms with E-state index in [9.17, 15) is 9.59 Å². The van der Waals surface area contributed by atoms with Crippen LogP contribution in [0, 0.1) is 12.8 Å². The van der Waals surface area contributed by atoms with E-state index in [4.69, 9.17) is 0 Å². The van der Waals surface area contributed by atoms with Crippen LogP contribution in [-0.4, -0.2) is 44.0 Å². The van der Waals surface area contributed by atoms with Gasteiger partial charge in [-0.05, 0) is 39.8 Å². The van der Waals surface area contributed by atoms with Crippen molar-refractivity contribution < 1.29 is 9.59 Å². The third-order valence-electron chi connectivity index (χ3n) is 4.11. The van der Waals surface area contributed by atoms with Crippen LogP contribution in [0.5, 0.6) is 0 Å². The van der Waals surface area contributed by atoms with Crippen LogP contribution in [0.2, 0.25) is 0 Å². The van der Waals surface area contributed by atoms with Crippen LogP contribution in [0.4, 0.5) is 5.82 Å². The van der Waals surface area contributed by atoms with Crippen LogP contribution < -0.4 is 5.32 Å². The van der Waals surface area contributed by atoms with E-state index >= 15 is 0 Å². The molecule has 7 nitrogen and oxygen atoms in total. The lowest BCUT2D eigenvalue weighted by molar-refractivity contribution is -0.131. The van der Waals surface area contributed by atoms with Crippen molar-refractivity contribution in [3.05, 3.63) is 17.8 Å². The normalized spacial score (nSPS) is 18.7. The molecule has 1 atom stereocenters. The quantitative estimate of drug-likeness (QED) is 0.885. The molecule has 1 aliphatic rings. The Bertz CT molecular complexity index is 774. The standard InChI is InChI=1S/C16H21N5O2/c1-9-5-6-11-13(17-9)19-20-14(11)18-15(23)10-7-12(22)21(8-10)16(2,3)4/h5-6,10H,7-8H2,1-4H3,(H2,17,18,19,20,23). The van der Waals surface area contributed by atoms with Gasteiger partial charge < -0.3 is 10.2 Å². The summed E-state index contributed by atoms with van der Waals surface area (Å²) in [5.41, 5.74) is 1.24. The summed E-state index contributed by atoms with van der Waals surface area (Å²) >= 11 is 0. The number of hydrogen-bond donors (Lipinski definition) is 2. The van der Waals surface area contributed by atoms with E-state index in [-0.39, 0.29) is 29.7 Å². The first-order valence-corrected chi connectivity index (χ1v) is 7.69. The molecule has 0 spiro atoms. The topological polar surface area (TPSA) is 91.0 Å². The number of anilines is 1. The van der Waals surface area contributed by atoms with Crippen molar-refractivity contribution in [3.63, 3.8) is 0 Å². The number of aromatic amines is 1. The van der Waals surface area contributed by atoms with E-state index in [1.54, 1.807) is 4.90 Å². The minimum absolute atomic E-state index is 0.0156. The van der Waals surface area contributed by atoms with Crippen LogP contribution >= 0.6 is 0 Å². The van der Waals surface area contributed by atoms with E-state index in [1.807, 2.05) is 39.8 Å². The Labute approximate surface area is 134 Å². The number of carbonyl (C=O) groups excluding carboxylic acids is 2. The minimum atomic E-state index is -0.355. The summed E-state index contributed by atoms with van der Waals surface area (Å²) in [6, 6.07) is 3.74. The maximum absolute atomic E-state index is 12.5. The number of rotatable bonds is 2. The second kappa shape index (κ2) is 5.33. The number of pyridine rings is 1. The Morgan fingerprint density at radius 3 is 2.78 bits per heavy atom. The fourth-order valence-corrected chi connectivity index (χ4v) is 2.85. The minimum Gasteiger partial charge on any atom is -0.337 e. The SMILES string of the molecule is Cc1ccc2c(NC(=O)C3CC(=O)N(C(C)(C)C)C3)n[nH]c2n1. The maximum Gasteiger partial charge on any atom is 0.231 e. The molecular formula is C16H21N5O2. The van der Waals surface area contributed by atoms with E-state index in [0.29, 0.717) is 18.0 Å². The average molecular weight is 315 g/mol. The highest BCUT2D eigenvalue weighted by Crippen LogP contribution is 2.27. The molecule has 0 radical (unpaired) electrons.